The van der Waals surface area contributed by atoms with Crippen LogP contribution in [-0.4, -0.2) is 29.9 Å². The molecule has 2 N–H and O–H groups in total. The highest BCUT2D eigenvalue weighted by Gasteiger charge is 2.27. The second-order valence-electron chi connectivity index (χ2n) is 3.98. The Labute approximate surface area is 86.0 Å². The number of hydrogen-bond acceptors (Lipinski definition) is 2. The fraction of sp³-hybridized carbons (Fsp3) is 0.727. The van der Waals surface area contributed by atoms with Gasteiger partial charge in [-0.2, -0.15) is 0 Å². The normalized spacial score (nSPS) is 23.6. The van der Waals surface area contributed by atoms with Crippen LogP contribution < -0.4 is 5.73 Å². The van der Waals surface area contributed by atoms with Crippen molar-refractivity contribution in [2.75, 3.05) is 13.1 Å². The minimum Gasteiger partial charge on any atom is -0.341 e. The van der Waals surface area contributed by atoms with E-state index in [0.29, 0.717) is 12.3 Å². The molecule has 1 amide bonds. The highest BCUT2D eigenvalue weighted by molar-refractivity contribution is 5.82. The van der Waals surface area contributed by atoms with Crippen molar-refractivity contribution in [3.8, 4) is 0 Å². The van der Waals surface area contributed by atoms with E-state index in [9.17, 15) is 4.79 Å². The molecule has 1 aliphatic rings. The molecule has 1 aliphatic heterocycles. The third kappa shape index (κ3) is 2.58. The second-order valence-corrected chi connectivity index (χ2v) is 3.98. The third-order valence-corrected chi connectivity index (χ3v) is 2.91. The van der Waals surface area contributed by atoms with E-state index in [1.807, 2.05) is 4.90 Å². The summed E-state index contributed by atoms with van der Waals surface area (Å²) in [4.78, 5) is 13.6. The zero-order valence-corrected chi connectivity index (χ0v) is 8.91. The van der Waals surface area contributed by atoms with Gasteiger partial charge < -0.3 is 10.6 Å². The van der Waals surface area contributed by atoms with Crippen LogP contribution in [0, 0.1) is 5.92 Å². The van der Waals surface area contributed by atoms with Gasteiger partial charge in [0, 0.05) is 13.1 Å². The first kappa shape index (κ1) is 11.2. The van der Waals surface area contributed by atoms with Gasteiger partial charge in [0.15, 0.2) is 0 Å². The molecule has 0 aromatic rings. The summed E-state index contributed by atoms with van der Waals surface area (Å²) in [6.45, 7) is 7.53. The van der Waals surface area contributed by atoms with Crippen LogP contribution in [0.5, 0.6) is 0 Å². The van der Waals surface area contributed by atoms with Crippen LogP contribution in [0.3, 0.4) is 0 Å². The van der Waals surface area contributed by atoms with Gasteiger partial charge in [-0.3, -0.25) is 4.79 Å². The van der Waals surface area contributed by atoms with Crippen LogP contribution >= 0.6 is 0 Å². The molecule has 0 aromatic heterocycles. The van der Waals surface area contributed by atoms with Gasteiger partial charge >= 0.3 is 0 Å². The van der Waals surface area contributed by atoms with Gasteiger partial charge in [0.05, 0.1) is 6.04 Å². The molecule has 0 bridgehead atoms. The minimum absolute atomic E-state index is 0.0841. The molecule has 0 radical (unpaired) electrons. The van der Waals surface area contributed by atoms with E-state index in [1.165, 1.54) is 0 Å². The fourth-order valence-electron chi connectivity index (χ4n) is 1.88. The molecule has 0 spiro atoms. The first-order chi connectivity index (χ1) is 6.69. The van der Waals surface area contributed by atoms with E-state index in [1.54, 1.807) is 6.08 Å². The Balaban J connectivity index is 2.42. The van der Waals surface area contributed by atoms with Gasteiger partial charge in [-0.1, -0.05) is 19.4 Å². The topological polar surface area (TPSA) is 46.3 Å². The lowest BCUT2D eigenvalue weighted by Gasteiger charge is -2.19. The molecular weight excluding hydrogens is 176 g/mol. The van der Waals surface area contributed by atoms with Crippen LogP contribution in [0.25, 0.3) is 0 Å². The van der Waals surface area contributed by atoms with Crippen molar-refractivity contribution in [2.45, 2.75) is 32.2 Å². The lowest BCUT2D eigenvalue weighted by atomic mass is 10.1. The van der Waals surface area contributed by atoms with Crippen molar-refractivity contribution in [1.82, 2.24) is 4.90 Å². The van der Waals surface area contributed by atoms with Crippen molar-refractivity contribution < 1.29 is 4.79 Å². The lowest BCUT2D eigenvalue weighted by Crippen LogP contribution is -2.42. The average molecular weight is 196 g/mol. The highest BCUT2D eigenvalue weighted by atomic mass is 16.2. The Morgan fingerprint density at radius 3 is 3.00 bits per heavy atom. The van der Waals surface area contributed by atoms with Gasteiger partial charge in [0.25, 0.3) is 0 Å². The average Bonchev–Trinajstić information content (AvgIpc) is 2.65. The summed E-state index contributed by atoms with van der Waals surface area (Å²) < 4.78 is 0. The monoisotopic (exact) mass is 196 g/mol. The molecule has 2 unspecified atom stereocenters. The number of nitrogens with zero attached hydrogens (tertiary/aromatic N) is 1. The van der Waals surface area contributed by atoms with Gasteiger partial charge in [0.2, 0.25) is 5.91 Å². The van der Waals surface area contributed by atoms with Crippen molar-refractivity contribution in [1.29, 1.82) is 0 Å². The number of hydrogen-bond donors (Lipinski definition) is 1. The highest BCUT2D eigenvalue weighted by Crippen LogP contribution is 2.19. The smallest absolute Gasteiger partial charge is 0.239 e. The molecule has 1 fully saturated rings. The summed E-state index contributed by atoms with van der Waals surface area (Å²) in [6, 6.07) is -0.386. The number of carbonyl (C=O) groups is 1. The minimum atomic E-state index is -0.386. The summed E-state index contributed by atoms with van der Waals surface area (Å²) in [6.07, 6.45) is 4.56. The van der Waals surface area contributed by atoms with Crippen molar-refractivity contribution >= 4 is 5.91 Å². The molecular formula is C11H20N2O. The molecule has 1 rings (SSSR count). The third-order valence-electron chi connectivity index (χ3n) is 2.91. The number of carbonyl (C=O) groups excluding carboxylic acids is 1. The van der Waals surface area contributed by atoms with E-state index in [2.05, 4.69) is 13.5 Å². The van der Waals surface area contributed by atoms with Crippen LogP contribution in [0.2, 0.25) is 0 Å². The molecule has 0 saturated carbocycles. The Bertz CT molecular complexity index is 215. The Hall–Kier alpha value is -0.830. The van der Waals surface area contributed by atoms with E-state index in [-0.39, 0.29) is 11.9 Å². The van der Waals surface area contributed by atoms with E-state index in [4.69, 9.17) is 5.73 Å². The molecule has 3 heteroatoms. The Kier molecular flexibility index (Phi) is 4.14. The summed E-state index contributed by atoms with van der Waals surface area (Å²) in [5, 5.41) is 0. The summed E-state index contributed by atoms with van der Waals surface area (Å²) in [5.41, 5.74) is 5.73. The molecule has 2 atom stereocenters. The second kappa shape index (κ2) is 5.15. The van der Waals surface area contributed by atoms with E-state index in [0.717, 1.165) is 25.9 Å². The predicted molar refractivity (Wildman–Crippen MR) is 57.8 cm³/mol. The molecule has 1 heterocycles. The van der Waals surface area contributed by atoms with E-state index < -0.39 is 0 Å². The van der Waals surface area contributed by atoms with Crippen LogP contribution in [0.4, 0.5) is 0 Å². The number of likely N-dealkylation sites (tertiary alicyclic amines) is 1. The summed E-state index contributed by atoms with van der Waals surface area (Å²) in [5.74, 6) is 0.760. The molecule has 0 aliphatic carbocycles. The van der Waals surface area contributed by atoms with Gasteiger partial charge in [-0.05, 0) is 18.8 Å². The van der Waals surface area contributed by atoms with Crippen LogP contribution in [0.1, 0.15) is 26.2 Å². The zero-order valence-electron chi connectivity index (χ0n) is 8.91. The maximum absolute atomic E-state index is 11.7. The number of rotatable bonds is 4. The quantitative estimate of drug-likeness (QED) is 0.686. The molecule has 0 aromatic carbocycles. The molecule has 3 nitrogen and oxygen atoms in total. The first-order valence-corrected chi connectivity index (χ1v) is 5.34. The summed E-state index contributed by atoms with van der Waals surface area (Å²) >= 11 is 0. The van der Waals surface area contributed by atoms with Gasteiger partial charge in [-0.25, -0.2) is 0 Å². The van der Waals surface area contributed by atoms with Crippen LogP contribution in [0.15, 0.2) is 12.7 Å². The zero-order chi connectivity index (χ0) is 10.6. The molecule has 1 saturated heterocycles. The Morgan fingerprint density at radius 1 is 1.79 bits per heavy atom. The number of amides is 1. The standard InChI is InChI=1S/C11H20N2O/c1-3-5-10(12)11(14)13-7-6-9(4-2)8-13/h3,9-10H,1,4-8,12H2,2H3. The van der Waals surface area contributed by atoms with Gasteiger partial charge in [0.1, 0.15) is 0 Å². The molecule has 80 valence electrons. The SMILES string of the molecule is C=CCC(N)C(=O)N1CCC(CC)C1. The maximum atomic E-state index is 11.7. The van der Waals surface area contributed by atoms with Gasteiger partial charge in [-0.15, -0.1) is 6.58 Å². The van der Waals surface area contributed by atoms with Crippen LogP contribution in [-0.2, 0) is 4.79 Å². The van der Waals surface area contributed by atoms with Crippen molar-refractivity contribution in [3.05, 3.63) is 12.7 Å². The summed E-state index contributed by atoms with van der Waals surface area (Å²) in [7, 11) is 0. The lowest BCUT2D eigenvalue weighted by molar-refractivity contribution is -0.131. The van der Waals surface area contributed by atoms with Crippen molar-refractivity contribution in [2.24, 2.45) is 11.7 Å². The van der Waals surface area contributed by atoms with Crippen molar-refractivity contribution in [3.63, 3.8) is 0 Å². The Morgan fingerprint density at radius 2 is 2.50 bits per heavy atom. The van der Waals surface area contributed by atoms with E-state index >= 15 is 0 Å². The number of nitrogens with two attached hydrogens (primary N) is 1. The maximum Gasteiger partial charge on any atom is 0.239 e. The fourth-order valence-corrected chi connectivity index (χ4v) is 1.88. The predicted octanol–water partition coefficient (Wildman–Crippen LogP) is 1.15. The first-order valence-electron chi connectivity index (χ1n) is 5.34. The largest absolute Gasteiger partial charge is 0.341 e. The molecule has 14 heavy (non-hydrogen) atoms.